The van der Waals surface area contributed by atoms with E-state index in [1.807, 2.05) is 13.8 Å². The second-order valence-electron chi connectivity index (χ2n) is 2.54. The molecule has 0 bridgehead atoms. The van der Waals surface area contributed by atoms with Crippen molar-refractivity contribution in [2.75, 3.05) is 0 Å². The highest BCUT2D eigenvalue weighted by atomic mass is 32.1. The fraction of sp³-hybridized carbons (Fsp3) is 0.364. The molecule has 1 aliphatic carbocycles. The van der Waals surface area contributed by atoms with Crippen LogP contribution in [0, 0.1) is 6.92 Å². The Morgan fingerprint density at radius 1 is 1.31 bits per heavy atom. The van der Waals surface area contributed by atoms with Gasteiger partial charge in [0.05, 0.1) is 15.6 Å². The molecule has 0 unspecified atom stereocenters. The van der Waals surface area contributed by atoms with Crippen LogP contribution < -0.4 is 0 Å². The minimum absolute atomic E-state index is 0.979. The molecular weight excluding hydrogens is 178 g/mol. The lowest BCUT2D eigenvalue weighted by Crippen LogP contribution is -1.82. The third-order valence-electron chi connectivity index (χ3n) is 1.64. The molecule has 0 radical (unpaired) electrons. The standard InChI is InChI=1S/C9H9NS.C2H6/c1-7-10-8-5-3-2-4-6-9(8)11-7;1-2/h2-4,6H,5H2,1H3;1-2H3. The smallest absolute Gasteiger partial charge is 0.0903 e. The molecule has 0 atom stereocenters. The van der Waals surface area contributed by atoms with Gasteiger partial charge in [-0.25, -0.2) is 4.98 Å². The summed E-state index contributed by atoms with van der Waals surface area (Å²) in [6.45, 7) is 6.05. The second kappa shape index (κ2) is 4.97. The predicted molar refractivity (Wildman–Crippen MR) is 60.1 cm³/mol. The quantitative estimate of drug-likeness (QED) is 0.613. The summed E-state index contributed by atoms with van der Waals surface area (Å²) in [6.07, 6.45) is 9.39. The van der Waals surface area contributed by atoms with Crippen molar-refractivity contribution < 1.29 is 0 Å². The molecule has 1 nitrogen and oxygen atoms in total. The second-order valence-corrected chi connectivity index (χ2v) is 3.77. The highest BCUT2D eigenvalue weighted by Gasteiger charge is 2.05. The minimum atomic E-state index is 0.979. The summed E-state index contributed by atoms with van der Waals surface area (Å²) >= 11 is 1.77. The van der Waals surface area contributed by atoms with Gasteiger partial charge in [-0.1, -0.05) is 32.1 Å². The maximum absolute atomic E-state index is 4.43. The first-order valence-electron chi connectivity index (χ1n) is 4.66. The van der Waals surface area contributed by atoms with Crippen LogP contribution in [-0.2, 0) is 6.42 Å². The van der Waals surface area contributed by atoms with Gasteiger partial charge in [-0.3, -0.25) is 0 Å². The van der Waals surface area contributed by atoms with Gasteiger partial charge in [-0.2, -0.15) is 0 Å². The van der Waals surface area contributed by atoms with Gasteiger partial charge >= 0.3 is 0 Å². The number of hydrogen-bond donors (Lipinski definition) is 0. The van der Waals surface area contributed by atoms with E-state index in [-0.39, 0.29) is 0 Å². The largest absolute Gasteiger partial charge is 0.246 e. The molecule has 70 valence electrons. The summed E-state index contributed by atoms with van der Waals surface area (Å²) < 4.78 is 0. The molecule has 0 aromatic carbocycles. The lowest BCUT2D eigenvalue weighted by Gasteiger charge is -1.87. The average Bonchev–Trinajstić information content (AvgIpc) is 2.36. The van der Waals surface area contributed by atoms with Gasteiger partial charge < -0.3 is 0 Å². The molecule has 0 N–H and O–H groups in total. The van der Waals surface area contributed by atoms with Crippen molar-refractivity contribution in [3.63, 3.8) is 0 Å². The Balaban J connectivity index is 0.000000396. The van der Waals surface area contributed by atoms with E-state index >= 15 is 0 Å². The van der Waals surface area contributed by atoms with Gasteiger partial charge in [0.15, 0.2) is 0 Å². The number of hydrogen-bond acceptors (Lipinski definition) is 2. The fourth-order valence-electron chi connectivity index (χ4n) is 1.16. The molecule has 1 aromatic rings. The van der Waals surface area contributed by atoms with Crippen molar-refractivity contribution in [3.05, 3.63) is 33.8 Å². The van der Waals surface area contributed by atoms with E-state index in [0.717, 1.165) is 11.4 Å². The molecule has 1 aliphatic rings. The first kappa shape index (κ1) is 10.2. The van der Waals surface area contributed by atoms with E-state index < -0.39 is 0 Å². The van der Waals surface area contributed by atoms with Crippen LogP contribution in [0.4, 0.5) is 0 Å². The molecule has 1 aromatic heterocycles. The number of thiazole rings is 1. The number of rotatable bonds is 0. The third kappa shape index (κ3) is 2.52. The summed E-state index contributed by atoms with van der Waals surface area (Å²) in [7, 11) is 0. The Hall–Kier alpha value is -0.890. The SMILES string of the molecule is CC.Cc1nc2c(s1)C=CC=CC2. The van der Waals surface area contributed by atoms with E-state index in [4.69, 9.17) is 0 Å². The molecule has 0 amide bonds. The summed E-state index contributed by atoms with van der Waals surface area (Å²) in [5.41, 5.74) is 1.22. The molecule has 0 fully saturated rings. The Morgan fingerprint density at radius 2 is 2.08 bits per heavy atom. The Labute approximate surface area is 83.8 Å². The summed E-state index contributed by atoms with van der Waals surface area (Å²) in [6, 6.07) is 0. The zero-order valence-corrected chi connectivity index (χ0v) is 9.19. The normalized spacial score (nSPS) is 12.8. The molecule has 0 spiro atoms. The Bertz CT molecular complexity index is 321. The van der Waals surface area contributed by atoms with E-state index in [2.05, 4.69) is 36.2 Å². The Morgan fingerprint density at radius 3 is 2.85 bits per heavy atom. The third-order valence-corrected chi connectivity index (χ3v) is 2.62. The maximum atomic E-state index is 4.43. The number of allylic oxidation sites excluding steroid dienone is 3. The number of aryl methyl sites for hydroxylation is 1. The van der Waals surface area contributed by atoms with Crippen molar-refractivity contribution in [2.45, 2.75) is 27.2 Å². The highest BCUT2D eigenvalue weighted by Crippen LogP contribution is 2.21. The van der Waals surface area contributed by atoms with Gasteiger partial charge in [0.1, 0.15) is 0 Å². The molecule has 0 saturated heterocycles. The zero-order chi connectivity index (χ0) is 9.68. The maximum Gasteiger partial charge on any atom is 0.0903 e. The monoisotopic (exact) mass is 193 g/mol. The highest BCUT2D eigenvalue weighted by molar-refractivity contribution is 7.12. The lowest BCUT2D eigenvalue weighted by molar-refractivity contribution is 1.12. The van der Waals surface area contributed by atoms with E-state index in [9.17, 15) is 0 Å². The van der Waals surface area contributed by atoms with Gasteiger partial charge in [-0.05, 0) is 13.0 Å². The topological polar surface area (TPSA) is 12.9 Å². The molecule has 0 saturated carbocycles. The van der Waals surface area contributed by atoms with Crippen molar-refractivity contribution in [2.24, 2.45) is 0 Å². The van der Waals surface area contributed by atoms with E-state index in [1.54, 1.807) is 11.3 Å². The minimum Gasteiger partial charge on any atom is -0.246 e. The van der Waals surface area contributed by atoms with Gasteiger partial charge in [-0.15, -0.1) is 11.3 Å². The van der Waals surface area contributed by atoms with Crippen LogP contribution in [0.5, 0.6) is 0 Å². The fourth-order valence-corrected chi connectivity index (χ4v) is 2.03. The average molecular weight is 193 g/mol. The Kier molecular flexibility index (Phi) is 3.90. The van der Waals surface area contributed by atoms with Crippen LogP contribution in [0.15, 0.2) is 18.2 Å². The van der Waals surface area contributed by atoms with E-state index in [1.165, 1.54) is 10.6 Å². The van der Waals surface area contributed by atoms with Crippen LogP contribution >= 0.6 is 11.3 Å². The van der Waals surface area contributed by atoms with Crippen LogP contribution in [-0.4, -0.2) is 4.98 Å². The summed E-state index contributed by atoms with van der Waals surface area (Å²) in [5, 5.41) is 1.16. The predicted octanol–water partition coefficient (Wildman–Crippen LogP) is 3.60. The van der Waals surface area contributed by atoms with Crippen molar-refractivity contribution in [1.29, 1.82) is 0 Å². The first-order chi connectivity index (χ1) is 6.36. The number of aromatic nitrogens is 1. The van der Waals surface area contributed by atoms with Crippen LogP contribution in [0.3, 0.4) is 0 Å². The van der Waals surface area contributed by atoms with Crippen LogP contribution in [0.2, 0.25) is 0 Å². The van der Waals surface area contributed by atoms with Crippen molar-refractivity contribution in [1.82, 2.24) is 4.98 Å². The lowest BCUT2D eigenvalue weighted by atomic mass is 10.3. The molecule has 2 heteroatoms. The summed E-state index contributed by atoms with van der Waals surface area (Å²) in [5.74, 6) is 0. The molecule has 2 rings (SSSR count). The van der Waals surface area contributed by atoms with Gasteiger partial charge in [0.25, 0.3) is 0 Å². The van der Waals surface area contributed by atoms with Crippen LogP contribution in [0.25, 0.3) is 6.08 Å². The number of fused-ring (bicyclic) bond motifs is 1. The van der Waals surface area contributed by atoms with E-state index in [0.29, 0.717) is 0 Å². The summed E-state index contributed by atoms with van der Waals surface area (Å²) in [4.78, 5) is 5.74. The zero-order valence-electron chi connectivity index (χ0n) is 8.37. The molecule has 13 heavy (non-hydrogen) atoms. The van der Waals surface area contributed by atoms with Gasteiger partial charge in [0, 0.05) is 6.42 Å². The van der Waals surface area contributed by atoms with Crippen LogP contribution in [0.1, 0.15) is 29.4 Å². The number of nitrogens with zero attached hydrogens (tertiary/aromatic N) is 1. The van der Waals surface area contributed by atoms with Crippen molar-refractivity contribution >= 4 is 17.4 Å². The molecular formula is C11H15NS. The van der Waals surface area contributed by atoms with Crippen molar-refractivity contribution in [3.8, 4) is 0 Å². The van der Waals surface area contributed by atoms with Gasteiger partial charge in [0.2, 0.25) is 0 Å². The molecule has 1 heterocycles. The molecule has 0 aliphatic heterocycles. The first-order valence-corrected chi connectivity index (χ1v) is 5.47.